The molecule has 2 heterocycles. The molecule has 8 nitrogen and oxygen atoms in total. The maximum atomic E-state index is 12.9. The quantitative estimate of drug-likeness (QED) is 0.659. The number of carbonyl (C=O) groups is 3. The van der Waals surface area contributed by atoms with Crippen LogP contribution in [0, 0.1) is 5.92 Å². The summed E-state index contributed by atoms with van der Waals surface area (Å²) in [6.07, 6.45) is 1.74. The Kier molecular flexibility index (Phi) is 6.72. The number of nitrogens with one attached hydrogen (secondary N) is 1. The van der Waals surface area contributed by atoms with Crippen LogP contribution in [-0.2, 0) is 19.1 Å². The third-order valence-electron chi connectivity index (χ3n) is 7.32. The largest absolute Gasteiger partial charge is 0.480 e. The lowest BCUT2D eigenvalue weighted by molar-refractivity contribution is -0.153. The first-order valence-electron chi connectivity index (χ1n) is 12.3. The number of carboxylic acids is 1. The molecule has 2 N–H and O–H groups in total. The van der Waals surface area contributed by atoms with Gasteiger partial charge in [-0.2, -0.15) is 0 Å². The zero-order valence-electron chi connectivity index (χ0n) is 19.5. The van der Waals surface area contributed by atoms with Crippen LogP contribution in [0.2, 0.25) is 0 Å². The van der Waals surface area contributed by atoms with Gasteiger partial charge in [0.15, 0.2) is 0 Å². The molecule has 3 atom stereocenters. The maximum Gasteiger partial charge on any atom is 0.407 e. The summed E-state index contributed by atoms with van der Waals surface area (Å²) in [5, 5.41) is 12.2. The molecule has 0 bridgehead atoms. The minimum atomic E-state index is -0.953. The molecule has 3 aliphatic rings. The topological polar surface area (TPSA) is 105 Å². The standard InChI is InChI=1S/C27H30N2O6/c30-25(29-12-6-5-11-24(29)26(31)32)17-13-18(34-15-17)14-28-27(33)35-16-23-21-9-3-1-7-19(21)20-8-2-4-10-22(20)23/h1-4,7-10,17-18,23-24H,5-6,11-16H2,(H,28,33)(H,31,32)/t17-,18-,24+/m0/s1. The molecule has 184 valence electrons. The van der Waals surface area contributed by atoms with Crippen LogP contribution < -0.4 is 5.32 Å². The molecule has 2 aromatic rings. The summed E-state index contributed by atoms with van der Waals surface area (Å²) in [7, 11) is 0. The summed E-state index contributed by atoms with van der Waals surface area (Å²) >= 11 is 0. The number of ether oxygens (including phenoxy) is 2. The second-order valence-corrected chi connectivity index (χ2v) is 9.48. The molecular formula is C27H30N2O6. The van der Waals surface area contributed by atoms with E-state index in [1.165, 1.54) is 16.0 Å². The van der Waals surface area contributed by atoms with Gasteiger partial charge in [0.2, 0.25) is 5.91 Å². The van der Waals surface area contributed by atoms with Crippen molar-refractivity contribution < 1.29 is 29.0 Å². The van der Waals surface area contributed by atoms with E-state index in [0.717, 1.165) is 24.0 Å². The Morgan fingerprint density at radius 3 is 2.40 bits per heavy atom. The van der Waals surface area contributed by atoms with Gasteiger partial charge in [-0.15, -0.1) is 0 Å². The van der Waals surface area contributed by atoms with E-state index in [2.05, 4.69) is 29.6 Å². The Morgan fingerprint density at radius 1 is 1.03 bits per heavy atom. The molecule has 2 saturated heterocycles. The van der Waals surface area contributed by atoms with Crippen LogP contribution in [0.3, 0.4) is 0 Å². The first kappa shape index (κ1) is 23.4. The number of carboxylic acid groups (broad SMARTS) is 1. The van der Waals surface area contributed by atoms with Crippen LogP contribution in [0.1, 0.15) is 42.7 Å². The number of aliphatic carboxylic acids is 1. The van der Waals surface area contributed by atoms with E-state index >= 15 is 0 Å². The molecule has 0 saturated carbocycles. The Balaban J connectivity index is 1.11. The molecule has 5 rings (SSSR count). The average molecular weight is 479 g/mol. The highest BCUT2D eigenvalue weighted by Crippen LogP contribution is 2.44. The van der Waals surface area contributed by atoms with E-state index in [4.69, 9.17) is 9.47 Å². The molecule has 0 unspecified atom stereocenters. The highest BCUT2D eigenvalue weighted by molar-refractivity contribution is 5.85. The Bertz CT molecular complexity index is 1070. The van der Waals surface area contributed by atoms with Gasteiger partial charge >= 0.3 is 12.1 Å². The van der Waals surface area contributed by atoms with Crippen molar-refractivity contribution in [2.24, 2.45) is 5.92 Å². The zero-order chi connectivity index (χ0) is 24.4. The first-order valence-corrected chi connectivity index (χ1v) is 12.3. The number of amides is 2. The number of nitrogens with zero attached hydrogens (tertiary/aromatic N) is 1. The van der Waals surface area contributed by atoms with Gasteiger partial charge in [-0.25, -0.2) is 9.59 Å². The van der Waals surface area contributed by atoms with Crippen molar-refractivity contribution in [1.29, 1.82) is 0 Å². The fourth-order valence-corrected chi connectivity index (χ4v) is 5.55. The number of rotatable bonds is 6. The van der Waals surface area contributed by atoms with E-state index in [0.29, 0.717) is 19.4 Å². The molecule has 2 aromatic carbocycles. The van der Waals surface area contributed by atoms with Crippen molar-refractivity contribution in [3.63, 3.8) is 0 Å². The molecule has 0 spiro atoms. The van der Waals surface area contributed by atoms with Gasteiger partial charge in [0.05, 0.1) is 18.6 Å². The molecule has 8 heteroatoms. The number of carbonyl (C=O) groups excluding carboxylic acids is 2. The molecule has 2 aliphatic heterocycles. The van der Waals surface area contributed by atoms with Crippen molar-refractivity contribution in [1.82, 2.24) is 10.2 Å². The lowest BCUT2D eigenvalue weighted by atomic mass is 9.97. The normalized spacial score (nSPS) is 23.4. The van der Waals surface area contributed by atoms with Crippen molar-refractivity contribution in [3.8, 4) is 11.1 Å². The number of benzene rings is 2. The second kappa shape index (κ2) is 10.1. The van der Waals surface area contributed by atoms with Gasteiger partial charge in [-0.3, -0.25) is 4.79 Å². The summed E-state index contributed by atoms with van der Waals surface area (Å²) in [6, 6.07) is 15.6. The smallest absolute Gasteiger partial charge is 0.407 e. The number of hydrogen-bond donors (Lipinski definition) is 2. The lowest BCUT2D eigenvalue weighted by Crippen LogP contribution is -2.50. The van der Waals surface area contributed by atoms with Gasteiger partial charge in [0.25, 0.3) is 0 Å². The van der Waals surface area contributed by atoms with Crippen molar-refractivity contribution in [2.75, 3.05) is 26.3 Å². The maximum absolute atomic E-state index is 12.9. The molecular weight excluding hydrogens is 448 g/mol. The van der Waals surface area contributed by atoms with Gasteiger partial charge in [0.1, 0.15) is 12.6 Å². The van der Waals surface area contributed by atoms with Crippen LogP contribution in [0.4, 0.5) is 4.79 Å². The van der Waals surface area contributed by atoms with Gasteiger partial charge in [-0.05, 0) is 47.9 Å². The van der Waals surface area contributed by atoms with E-state index in [1.807, 2.05) is 24.3 Å². The summed E-state index contributed by atoms with van der Waals surface area (Å²) in [5.74, 6) is -1.51. The molecule has 2 amide bonds. The van der Waals surface area contributed by atoms with Crippen LogP contribution in [0.5, 0.6) is 0 Å². The SMILES string of the molecule is O=C(NC[C@@H]1C[C@H](C(=O)N2CCCC[C@@H]2C(=O)O)CO1)OCC1c2ccccc2-c2ccccc21. The van der Waals surface area contributed by atoms with Gasteiger partial charge in [-0.1, -0.05) is 48.5 Å². The average Bonchev–Trinajstić information content (AvgIpc) is 3.49. The Morgan fingerprint density at radius 2 is 1.71 bits per heavy atom. The van der Waals surface area contributed by atoms with E-state index < -0.39 is 18.1 Å². The highest BCUT2D eigenvalue weighted by atomic mass is 16.5. The fraction of sp³-hybridized carbons (Fsp3) is 0.444. The number of fused-ring (bicyclic) bond motifs is 3. The Hall–Kier alpha value is -3.39. The molecule has 0 aromatic heterocycles. The minimum absolute atomic E-state index is 0.00962. The number of likely N-dealkylation sites (tertiary alicyclic amines) is 1. The van der Waals surface area contributed by atoms with Crippen molar-refractivity contribution in [3.05, 3.63) is 59.7 Å². The third kappa shape index (κ3) is 4.75. The number of alkyl carbamates (subject to hydrolysis) is 1. The van der Waals surface area contributed by atoms with Gasteiger partial charge in [0, 0.05) is 19.0 Å². The second-order valence-electron chi connectivity index (χ2n) is 9.48. The number of piperidine rings is 1. The van der Waals surface area contributed by atoms with Crippen LogP contribution in [-0.4, -0.2) is 66.4 Å². The van der Waals surface area contributed by atoms with Crippen molar-refractivity contribution in [2.45, 2.75) is 43.7 Å². The summed E-state index contributed by atoms with van der Waals surface area (Å²) < 4.78 is 11.3. The Labute approximate surface area is 204 Å². The molecule has 0 radical (unpaired) electrons. The van der Waals surface area contributed by atoms with E-state index in [1.54, 1.807) is 0 Å². The molecule has 35 heavy (non-hydrogen) atoms. The predicted molar refractivity (Wildman–Crippen MR) is 128 cm³/mol. The van der Waals surface area contributed by atoms with Crippen molar-refractivity contribution >= 4 is 18.0 Å². The van der Waals surface area contributed by atoms with Gasteiger partial charge < -0.3 is 24.8 Å². The zero-order valence-corrected chi connectivity index (χ0v) is 19.5. The monoisotopic (exact) mass is 478 g/mol. The van der Waals surface area contributed by atoms with E-state index in [-0.39, 0.29) is 43.6 Å². The fourth-order valence-electron chi connectivity index (χ4n) is 5.55. The lowest BCUT2D eigenvalue weighted by Gasteiger charge is -2.34. The molecule has 2 fully saturated rings. The summed E-state index contributed by atoms with van der Waals surface area (Å²) in [6.45, 7) is 1.18. The van der Waals surface area contributed by atoms with Crippen LogP contribution in [0.15, 0.2) is 48.5 Å². The summed E-state index contributed by atoms with van der Waals surface area (Å²) in [5.41, 5.74) is 4.65. The van der Waals surface area contributed by atoms with Crippen LogP contribution in [0.25, 0.3) is 11.1 Å². The highest BCUT2D eigenvalue weighted by Gasteiger charge is 2.39. The third-order valence-corrected chi connectivity index (χ3v) is 7.32. The number of hydrogen-bond acceptors (Lipinski definition) is 5. The minimum Gasteiger partial charge on any atom is -0.480 e. The first-order chi connectivity index (χ1) is 17.0. The van der Waals surface area contributed by atoms with Crippen LogP contribution >= 0.6 is 0 Å². The summed E-state index contributed by atoms with van der Waals surface area (Å²) in [4.78, 5) is 38.4. The van der Waals surface area contributed by atoms with E-state index in [9.17, 15) is 19.5 Å². The predicted octanol–water partition coefficient (Wildman–Crippen LogP) is 3.40. The molecule has 1 aliphatic carbocycles.